The summed E-state index contributed by atoms with van der Waals surface area (Å²) < 4.78 is 6.76. The van der Waals surface area contributed by atoms with Gasteiger partial charge in [0.15, 0.2) is 0 Å². The smallest absolute Gasteiger partial charge is 0.278 e. The fraction of sp³-hybridized carbons (Fsp3) is 0.267. The molecule has 2 rings (SSSR count). The number of hydrogen-bond donors (Lipinski definition) is 0. The van der Waals surface area contributed by atoms with Crippen molar-refractivity contribution in [3.63, 3.8) is 0 Å². The molecule has 0 amide bonds. The Kier molecular flexibility index (Phi) is 4.75. The number of carbonyl (C=O) groups excluding carboxylic acids is 1. The summed E-state index contributed by atoms with van der Waals surface area (Å²) in [6.45, 7) is 2.58. The highest BCUT2D eigenvalue weighted by Gasteiger charge is 2.15. The molecule has 1 aromatic heterocycles. The fourth-order valence-corrected chi connectivity index (χ4v) is 2.03. The van der Waals surface area contributed by atoms with Gasteiger partial charge in [0.1, 0.15) is 11.3 Å². The third-order valence-electron chi connectivity index (χ3n) is 2.90. The predicted molar refractivity (Wildman–Crippen MR) is 80.9 cm³/mol. The number of nitrogens with zero attached hydrogens (tertiary/aromatic N) is 2. The van der Waals surface area contributed by atoms with Gasteiger partial charge in [-0.05, 0) is 36.2 Å². The molecule has 0 spiro atoms. The first-order chi connectivity index (χ1) is 10.0. The number of carbonyl (C=O) groups is 1. The van der Waals surface area contributed by atoms with E-state index in [2.05, 4.69) is 5.10 Å². The van der Waals surface area contributed by atoms with Crippen LogP contribution in [0, 0.1) is 0 Å². The van der Waals surface area contributed by atoms with Gasteiger partial charge in [0.25, 0.3) is 10.8 Å². The molecule has 0 saturated heterocycles. The number of halogens is 1. The van der Waals surface area contributed by atoms with Gasteiger partial charge in [-0.3, -0.25) is 9.59 Å². The molecule has 0 radical (unpaired) electrons. The average molecular weight is 307 g/mol. The van der Waals surface area contributed by atoms with Crippen LogP contribution in [0.2, 0.25) is 0 Å². The molecule has 1 aromatic carbocycles. The highest BCUT2D eigenvalue weighted by atomic mass is 35.5. The summed E-state index contributed by atoms with van der Waals surface area (Å²) in [5, 5.41) is 3.37. The van der Waals surface area contributed by atoms with Crippen molar-refractivity contribution in [2.24, 2.45) is 7.05 Å². The fourth-order valence-electron chi connectivity index (χ4n) is 1.90. The van der Waals surface area contributed by atoms with Crippen LogP contribution in [0.4, 0.5) is 0 Å². The lowest BCUT2D eigenvalue weighted by molar-refractivity contribution is 0.107. The normalized spacial score (nSPS) is 10.4. The Labute approximate surface area is 127 Å². The first-order valence-electron chi connectivity index (χ1n) is 6.55. The van der Waals surface area contributed by atoms with Crippen LogP contribution in [0.5, 0.6) is 5.75 Å². The average Bonchev–Trinajstić information content (AvgIpc) is 2.47. The molecule has 110 valence electrons. The number of ether oxygens (including phenoxy) is 1. The SMILES string of the molecule is CCCOc1ccccc1-c1cc(C(=O)Cl)c(=O)n(C)n1. The maximum Gasteiger partial charge on any atom is 0.278 e. The van der Waals surface area contributed by atoms with Crippen LogP contribution in [0.3, 0.4) is 0 Å². The van der Waals surface area contributed by atoms with Crippen LogP contribution in [0.25, 0.3) is 11.3 Å². The minimum absolute atomic E-state index is 0.102. The van der Waals surface area contributed by atoms with E-state index in [1.807, 2.05) is 31.2 Å². The summed E-state index contributed by atoms with van der Waals surface area (Å²) in [5.41, 5.74) is 0.550. The van der Waals surface area contributed by atoms with Crippen molar-refractivity contribution < 1.29 is 9.53 Å². The standard InChI is InChI=1S/C15H15ClN2O3/c1-3-8-21-13-7-5-4-6-10(13)12-9-11(14(16)19)15(20)18(2)17-12/h4-7,9H,3,8H2,1-2H3. The van der Waals surface area contributed by atoms with Gasteiger partial charge < -0.3 is 4.74 Å². The van der Waals surface area contributed by atoms with Crippen LogP contribution in [0.1, 0.15) is 23.7 Å². The van der Waals surface area contributed by atoms with Crippen LogP contribution in [-0.4, -0.2) is 21.6 Å². The van der Waals surface area contributed by atoms with E-state index < -0.39 is 10.8 Å². The number of para-hydroxylation sites is 1. The van der Waals surface area contributed by atoms with E-state index in [9.17, 15) is 9.59 Å². The zero-order valence-corrected chi connectivity index (χ0v) is 12.6. The summed E-state index contributed by atoms with van der Waals surface area (Å²) >= 11 is 5.45. The molecule has 2 aromatic rings. The van der Waals surface area contributed by atoms with Crippen molar-refractivity contribution in [1.29, 1.82) is 0 Å². The third-order valence-corrected chi connectivity index (χ3v) is 3.10. The maximum absolute atomic E-state index is 11.8. The van der Waals surface area contributed by atoms with Crippen molar-refractivity contribution in [3.8, 4) is 17.0 Å². The minimum atomic E-state index is -0.800. The predicted octanol–water partition coefficient (Wildman–Crippen LogP) is 2.62. The van der Waals surface area contributed by atoms with Crippen molar-refractivity contribution >= 4 is 16.8 Å². The monoisotopic (exact) mass is 306 g/mol. The lowest BCUT2D eigenvalue weighted by Gasteiger charge is -2.11. The molecule has 1 heterocycles. The molecule has 0 aliphatic heterocycles. The number of aromatic nitrogens is 2. The summed E-state index contributed by atoms with van der Waals surface area (Å²) in [6.07, 6.45) is 0.875. The van der Waals surface area contributed by atoms with E-state index in [1.54, 1.807) is 0 Å². The number of hydrogen-bond acceptors (Lipinski definition) is 4. The highest BCUT2D eigenvalue weighted by Crippen LogP contribution is 2.28. The van der Waals surface area contributed by atoms with Gasteiger partial charge >= 0.3 is 0 Å². The van der Waals surface area contributed by atoms with Crippen molar-refractivity contribution in [2.75, 3.05) is 6.61 Å². The van der Waals surface area contributed by atoms with Crippen molar-refractivity contribution in [3.05, 3.63) is 46.2 Å². The Morgan fingerprint density at radius 1 is 1.38 bits per heavy atom. The molecule has 21 heavy (non-hydrogen) atoms. The molecular formula is C15H15ClN2O3. The van der Waals surface area contributed by atoms with Crippen LogP contribution < -0.4 is 10.3 Å². The molecule has 0 unspecified atom stereocenters. The van der Waals surface area contributed by atoms with Crippen LogP contribution in [-0.2, 0) is 7.05 Å². The Balaban J connectivity index is 2.57. The zero-order chi connectivity index (χ0) is 15.4. The molecule has 0 saturated carbocycles. The Morgan fingerprint density at radius 2 is 2.10 bits per heavy atom. The summed E-state index contributed by atoms with van der Waals surface area (Å²) in [4.78, 5) is 23.2. The number of benzene rings is 1. The van der Waals surface area contributed by atoms with Gasteiger partial charge in [-0.2, -0.15) is 5.10 Å². The van der Waals surface area contributed by atoms with E-state index in [1.165, 1.54) is 13.1 Å². The zero-order valence-electron chi connectivity index (χ0n) is 11.8. The second kappa shape index (κ2) is 6.54. The molecule has 0 atom stereocenters. The van der Waals surface area contributed by atoms with E-state index in [0.29, 0.717) is 23.6 Å². The number of aryl methyl sites for hydroxylation is 1. The second-order valence-electron chi connectivity index (χ2n) is 4.49. The van der Waals surface area contributed by atoms with E-state index in [4.69, 9.17) is 16.3 Å². The first kappa shape index (κ1) is 15.3. The van der Waals surface area contributed by atoms with E-state index in [-0.39, 0.29) is 5.56 Å². The van der Waals surface area contributed by atoms with Crippen molar-refractivity contribution in [2.45, 2.75) is 13.3 Å². The summed E-state index contributed by atoms with van der Waals surface area (Å²) in [7, 11) is 1.48. The summed E-state index contributed by atoms with van der Waals surface area (Å²) in [5.74, 6) is 0.651. The summed E-state index contributed by atoms with van der Waals surface area (Å²) in [6, 6.07) is 8.72. The van der Waals surface area contributed by atoms with Gasteiger partial charge in [-0.25, -0.2) is 4.68 Å². The highest BCUT2D eigenvalue weighted by molar-refractivity contribution is 6.67. The minimum Gasteiger partial charge on any atom is -0.493 e. The van der Waals surface area contributed by atoms with Crippen molar-refractivity contribution in [1.82, 2.24) is 9.78 Å². The molecule has 0 bridgehead atoms. The lowest BCUT2D eigenvalue weighted by Crippen LogP contribution is -2.25. The van der Waals surface area contributed by atoms with Gasteiger partial charge in [-0.15, -0.1) is 0 Å². The van der Waals surface area contributed by atoms with Crippen LogP contribution in [0.15, 0.2) is 35.1 Å². The Hall–Kier alpha value is -2.14. The topological polar surface area (TPSA) is 61.2 Å². The maximum atomic E-state index is 11.8. The van der Waals surface area contributed by atoms with Gasteiger partial charge in [0.2, 0.25) is 0 Å². The quantitative estimate of drug-likeness (QED) is 0.797. The lowest BCUT2D eigenvalue weighted by atomic mass is 10.1. The third kappa shape index (κ3) is 3.31. The Bertz CT molecular complexity index is 725. The molecule has 0 aliphatic carbocycles. The molecule has 5 nitrogen and oxygen atoms in total. The molecule has 0 N–H and O–H groups in total. The molecule has 0 aliphatic rings. The molecular weight excluding hydrogens is 292 g/mol. The Morgan fingerprint density at radius 3 is 2.76 bits per heavy atom. The van der Waals surface area contributed by atoms with Gasteiger partial charge in [-0.1, -0.05) is 19.1 Å². The number of rotatable bonds is 5. The second-order valence-corrected chi connectivity index (χ2v) is 4.83. The molecule has 6 heteroatoms. The van der Waals surface area contributed by atoms with E-state index >= 15 is 0 Å². The largest absolute Gasteiger partial charge is 0.493 e. The van der Waals surface area contributed by atoms with Gasteiger partial charge in [0.05, 0.1) is 12.3 Å². The molecule has 0 fully saturated rings. The first-order valence-corrected chi connectivity index (χ1v) is 6.92. The van der Waals surface area contributed by atoms with Crippen LogP contribution >= 0.6 is 11.6 Å². The van der Waals surface area contributed by atoms with E-state index in [0.717, 1.165) is 11.1 Å². The van der Waals surface area contributed by atoms with Gasteiger partial charge in [0, 0.05) is 12.6 Å².